The van der Waals surface area contributed by atoms with Gasteiger partial charge in [-0.3, -0.25) is 19.1 Å². The highest BCUT2D eigenvalue weighted by atomic mass is 16.8. The molecule has 12 nitrogen and oxygen atoms in total. The number of carbonyl (C=O) groups excluding carboxylic acids is 1. The van der Waals surface area contributed by atoms with Crippen molar-refractivity contribution < 1.29 is 29.5 Å². The molecule has 0 amide bonds. The van der Waals surface area contributed by atoms with Gasteiger partial charge in [-0.15, -0.1) is 5.06 Å². The minimum atomic E-state index is -1.05. The number of quaternary nitrogens is 1. The number of aromatic nitrogens is 2. The zero-order valence-electron chi connectivity index (χ0n) is 16.8. The predicted octanol–water partition coefficient (Wildman–Crippen LogP) is -0.586. The van der Waals surface area contributed by atoms with Gasteiger partial charge in [-0.2, -0.15) is 5.23 Å². The molecule has 1 aromatic heterocycles. The lowest BCUT2D eigenvalue weighted by molar-refractivity contribution is -0.991. The third kappa shape index (κ3) is 4.17. The van der Waals surface area contributed by atoms with Gasteiger partial charge >= 0.3 is 11.7 Å². The number of fused-ring (bicyclic) bond motifs is 1. The average Bonchev–Trinajstić information content (AvgIpc) is 3.15. The van der Waals surface area contributed by atoms with Crippen LogP contribution in [0.2, 0.25) is 0 Å². The molecule has 2 aliphatic heterocycles. The summed E-state index contributed by atoms with van der Waals surface area (Å²) < 4.78 is 13.2. The number of aromatic amines is 1. The van der Waals surface area contributed by atoms with E-state index in [1.165, 1.54) is 34.9 Å². The predicted molar refractivity (Wildman–Crippen MR) is 103 cm³/mol. The molecule has 0 spiro atoms. The molecule has 5 atom stereocenters. The topological polar surface area (TPSA) is 151 Å². The van der Waals surface area contributed by atoms with E-state index in [1.54, 1.807) is 19.1 Å². The van der Waals surface area contributed by atoms with Crippen molar-refractivity contribution in [3.05, 3.63) is 67.6 Å². The van der Waals surface area contributed by atoms with E-state index in [2.05, 4.69) is 4.98 Å². The number of nitrogens with one attached hydrogen (secondary N) is 2. The van der Waals surface area contributed by atoms with Crippen LogP contribution in [0, 0.1) is 12.1 Å². The smallest absolute Gasteiger partial charge is 0.330 e. The molecule has 0 bridgehead atoms. The molecule has 0 saturated carbocycles. The van der Waals surface area contributed by atoms with Gasteiger partial charge in [0, 0.05) is 37.2 Å². The van der Waals surface area contributed by atoms with E-state index in [4.69, 9.17) is 19.5 Å². The minimum Gasteiger partial charge on any atom is -0.595 e. The molecular formula is C19H22N4O8. The molecule has 31 heavy (non-hydrogen) atoms. The highest BCUT2D eigenvalue weighted by molar-refractivity contribution is 5.65. The lowest BCUT2D eigenvalue weighted by Crippen LogP contribution is -2.99. The van der Waals surface area contributed by atoms with Gasteiger partial charge in [-0.25, -0.2) is 10.0 Å². The fourth-order valence-electron chi connectivity index (χ4n) is 3.83. The van der Waals surface area contributed by atoms with Crippen molar-refractivity contribution in [1.82, 2.24) is 14.6 Å². The number of hydroxylamine groups is 2. The molecule has 0 aliphatic carbocycles. The van der Waals surface area contributed by atoms with Crippen molar-refractivity contribution in [1.29, 1.82) is 0 Å². The number of aryl methyl sites for hydroxylation is 1. The monoisotopic (exact) mass is 434 g/mol. The van der Waals surface area contributed by atoms with Crippen molar-refractivity contribution in [2.75, 3.05) is 6.61 Å². The highest BCUT2D eigenvalue weighted by Gasteiger charge is 2.48. The summed E-state index contributed by atoms with van der Waals surface area (Å²) in [5.41, 5.74) is 0.0210. The molecule has 12 heteroatoms. The summed E-state index contributed by atoms with van der Waals surface area (Å²) in [6, 6.07) is 5.64. The average molecular weight is 434 g/mol. The first-order chi connectivity index (χ1) is 14.7. The summed E-state index contributed by atoms with van der Waals surface area (Å²) in [6.45, 7) is 3.01. The van der Waals surface area contributed by atoms with Gasteiger partial charge in [0.15, 0.2) is 11.9 Å². The van der Waals surface area contributed by atoms with Crippen LogP contribution < -0.4 is 16.5 Å². The van der Waals surface area contributed by atoms with Gasteiger partial charge < -0.3 is 19.5 Å². The van der Waals surface area contributed by atoms with Crippen LogP contribution in [0.25, 0.3) is 0 Å². The largest absolute Gasteiger partial charge is 0.595 e. The Balaban J connectivity index is 1.62. The Hall–Kier alpha value is -2.87. The highest BCUT2D eigenvalue weighted by Crippen LogP contribution is 2.40. The molecule has 3 N–H and O–H groups in total. The Bertz CT molecular complexity index is 1080. The number of rotatable bonds is 4. The Morgan fingerprint density at radius 3 is 2.68 bits per heavy atom. The summed E-state index contributed by atoms with van der Waals surface area (Å²) in [5, 5.41) is 20.5. The van der Waals surface area contributed by atoms with Gasteiger partial charge in [0.1, 0.15) is 12.3 Å². The SMILES string of the molecule is CC(=O)ON1C(c2ccc([NH+]([O-])O)cc2)OCC2OC(n3cc(C)c(=O)[nH]c3=O)CC21. The first-order valence-corrected chi connectivity index (χ1v) is 9.64. The maximum atomic E-state index is 12.3. The molecule has 0 radical (unpaired) electrons. The molecule has 166 valence electrons. The second-order valence-corrected chi connectivity index (χ2v) is 7.47. The Morgan fingerprint density at radius 2 is 2.03 bits per heavy atom. The Morgan fingerprint density at radius 1 is 1.32 bits per heavy atom. The van der Waals surface area contributed by atoms with E-state index >= 15 is 0 Å². The standard InChI is InChI=1S/C19H22N4O8/c1-10-8-21(19(26)20-17(10)25)16-7-14-15(30-16)9-29-18(22(14)31-11(2)24)12-3-5-13(6-4-12)23(27)28/h3-6,8,14-16,18,23,27H,7,9H2,1-2H3,(H,20,25,26). The lowest BCUT2D eigenvalue weighted by atomic mass is 10.1. The zero-order chi connectivity index (χ0) is 22.3. The number of hydrogen-bond acceptors (Lipinski definition) is 9. The molecular weight excluding hydrogens is 412 g/mol. The van der Waals surface area contributed by atoms with Crippen molar-refractivity contribution in [3.63, 3.8) is 0 Å². The molecule has 2 saturated heterocycles. The van der Waals surface area contributed by atoms with Crippen LogP contribution in [0.5, 0.6) is 0 Å². The van der Waals surface area contributed by atoms with E-state index < -0.39 is 47.0 Å². The molecule has 2 fully saturated rings. The second-order valence-electron chi connectivity index (χ2n) is 7.47. The number of benzene rings is 1. The summed E-state index contributed by atoms with van der Waals surface area (Å²) >= 11 is 0. The Kier molecular flexibility index (Phi) is 5.75. The van der Waals surface area contributed by atoms with Crippen molar-refractivity contribution in [3.8, 4) is 0 Å². The van der Waals surface area contributed by atoms with E-state index in [9.17, 15) is 19.6 Å². The van der Waals surface area contributed by atoms with Crippen LogP contribution in [-0.2, 0) is 19.1 Å². The molecule has 5 unspecified atom stereocenters. The summed E-state index contributed by atoms with van der Waals surface area (Å²) in [4.78, 5) is 43.4. The molecule has 3 heterocycles. The third-order valence-electron chi connectivity index (χ3n) is 5.31. The second kappa shape index (κ2) is 8.34. The first-order valence-electron chi connectivity index (χ1n) is 9.64. The number of carbonyl (C=O) groups is 1. The number of ether oxygens (including phenoxy) is 2. The fraction of sp³-hybridized carbons (Fsp3) is 0.421. The normalized spacial score (nSPS) is 27.0. The third-order valence-corrected chi connectivity index (χ3v) is 5.31. The van der Waals surface area contributed by atoms with Crippen molar-refractivity contribution in [2.45, 2.75) is 44.9 Å². The number of nitrogens with zero attached hydrogens (tertiary/aromatic N) is 2. The zero-order valence-corrected chi connectivity index (χ0v) is 16.8. The minimum absolute atomic E-state index is 0.119. The van der Waals surface area contributed by atoms with E-state index in [-0.39, 0.29) is 12.3 Å². The van der Waals surface area contributed by atoms with Gasteiger partial charge in [-0.1, -0.05) is 0 Å². The van der Waals surface area contributed by atoms with E-state index in [1.807, 2.05) is 0 Å². The van der Waals surface area contributed by atoms with Crippen LogP contribution in [0.4, 0.5) is 5.69 Å². The maximum Gasteiger partial charge on any atom is 0.330 e. The van der Waals surface area contributed by atoms with Crippen LogP contribution in [0.1, 0.15) is 36.9 Å². The van der Waals surface area contributed by atoms with Crippen LogP contribution >= 0.6 is 0 Å². The quantitative estimate of drug-likeness (QED) is 0.537. The van der Waals surface area contributed by atoms with Crippen molar-refractivity contribution in [2.24, 2.45) is 0 Å². The summed E-state index contributed by atoms with van der Waals surface area (Å²) in [5.74, 6) is -0.558. The fourth-order valence-corrected chi connectivity index (χ4v) is 3.83. The van der Waals surface area contributed by atoms with Gasteiger partial charge in [0.25, 0.3) is 5.56 Å². The van der Waals surface area contributed by atoms with E-state index in [0.717, 1.165) is 0 Å². The lowest BCUT2D eigenvalue weighted by Gasteiger charge is -2.40. The maximum absolute atomic E-state index is 12.3. The van der Waals surface area contributed by atoms with E-state index in [0.29, 0.717) is 17.5 Å². The number of hydrogen-bond donors (Lipinski definition) is 3. The van der Waals surface area contributed by atoms with Gasteiger partial charge in [0.2, 0.25) is 0 Å². The Labute approximate surface area is 175 Å². The number of H-pyrrole nitrogens is 1. The first kappa shape index (κ1) is 21.4. The van der Waals surface area contributed by atoms with Crippen LogP contribution in [0.15, 0.2) is 40.1 Å². The van der Waals surface area contributed by atoms with Crippen molar-refractivity contribution >= 4 is 11.7 Å². The van der Waals surface area contributed by atoms with Crippen LogP contribution in [0.3, 0.4) is 0 Å². The van der Waals surface area contributed by atoms with Crippen LogP contribution in [-0.4, -0.2) is 44.5 Å². The molecule has 1 aromatic carbocycles. The molecule has 2 aliphatic rings. The van der Waals surface area contributed by atoms with Gasteiger partial charge in [-0.05, 0) is 24.6 Å². The summed E-state index contributed by atoms with van der Waals surface area (Å²) in [6.07, 6.45) is -0.214. The summed E-state index contributed by atoms with van der Waals surface area (Å²) in [7, 11) is 0. The van der Waals surface area contributed by atoms with Gasteiger partial charge in [0.05, 0.1) is 12.6 Å². The molecule has 4 rings (SSSR count). The molecule has 2 aromatic rings.